The lowest BCUT2D eigenvalue weighted by Crippen LogP contribution is -2.30. The van der Waals surface area contributed by atoms with Crippen LogP contribution in [0.15, 0.2) is 40.2 Å². The van der Waals surface area contributed by atoms with Crippen molar-refractivity contribution < 1.29 is 5.11 Å². The van der Waals surface area contributed by atoms with Crippen LogP contribution in [0.4, 0.5) is 5.69 Å². The molecular formula is C16H20BrNOS. The first-order valence-corrected chi connectivity index (χ1v) is 8.39. The molecule has 2 aromatic rings. The third-order valence-corrected chi connectivity index (χ3v) is 5.11. The van der Waals surface area contributed by atoms with Crippen LogP contribution in [0.2, 0.25) is 0 Å². The molecule has 108 valence electrons. The van der Waals surface area contributed by atoms with Crippen molar-refractivity contribution in [3.63, 3.8) is 0 Å². The van der Waals surface area contributed by atoms with Crippen molar-refractivity contribution in [2.75, 3.05) is 11.9 Å². The fourth-order valence-corrected chi connectivity index (χ4v) is 3.67. The van der Waals surface area contributed by atoms with Crippen LogP contribution in [0.1, 0.15) is 30.4 Å². The van der Waals surface area contributed by atoms with Crippen LogP contribution in [0, 0.1) is 0 Å². The molecule has 1 aromatic carbocycles. The predicted molar refractivity (Wildman–Crippen MR) is 90.7 cm³/mol. The molecule has 20 heavy (non-hydrogen) atoms. The average molecular weight is 354 g/mol. The van der Waals surface area contributed by atoms with Gasteiger partial charge in [0.1, 0.15) is 0 Å². The van der Waals surface area contributed by atoms with Crippen LogP contribution >= 0.6 is 27.3 Å². The maximum Gasteiger partial charge on any atom is 0.0762 e. The molecule has 1 aromatic heterocycles. The Morgan fingerprint density at radius 2 is 2.05 bits per heavy atom. The second-order valence-corrected chi connectivity index (χ2v) is 7.02. The van der Waals surface area contributed by atoms with E-state index < -0.39 is 6.10 Å². The zero-order valence-corrected chi connectivity index (χ0v) is 14.4. The zero-order valence-electron chi connectivity index (χ0n) is 12.0. The monoisotopic (exact) mass is 353 g/mol. The summed E-state index contributed by atoms with van der Waals surface area (Å²) >= 11 is 5.42. The van der Waals surface area contributed by atoms with Crippen molar-refractivity contribution in [2.24, 2.45) is 0 Å². The van der Waals surface area contributed by atoms with Crippen LogP contribution in [0.5, 0.6) is 0 Å². The van der Waals surface area contributed by atoms with E-state index in [0.29, 0.717) is 6.04 Å². The summed E-state index contributed by atoms with van der Waals surface area (Å²) in [6, 6.07) is 10.7. The number of aliphatic hydroxyl groups is 1. The number of nitrogens with zero attached hydrogens (tertiary/aromatic N) is 1. The lowest BCUT2D eigenvalue weighted by Gasteiger charge is -2.28. The van der Waals surface area contributed by atoms with Crippen LogP contribution < -0.4 is 4.90 Å². The quantitative estimate of drug-likeness (QED) is 0.846. The minimum absolute atomic E-state index is 0.419. The fourth-order valence-electron chi connectivity index (χ4n) is 2.16. The maximum atomic E-state index is 9.62. The van der Waals surface area contributed by atoms with E-state index in [-0.39, 0.29) is 0 Å². The van der Waals surface area contributed by atoms with E-state index in [0.717, 1.165) is 22.1 Å². The molecule has 0 saturated heterocycles. The van der Waals surface area contributed by atoms with Gasteiger partial charge in [0.05, 0.1) is 11.8 Å². The van der Waals surface area contributed by atoms with Crippen molar-refractivity contribution in [2.45, 2.75) is 32.4 Å². The number of anilines is 1. The number of likely N-dealkylation sites (N-methyl/N-ethyl adjacent to an activating group) is 1. The van der Waals surface area contributed by atoms with Gasteiger partial charge in [-0.2, -0.15) is 0 Å². The van der Waals surface area contributed by atoms with E-state index in [1.165, 1.54) is 4.88 Å². The molecule has 0 fully saturated rings. The molecule has 1 unspecified atom stereocenters. The van der Waals surface area contributed by atoms with Gasteiger partial charge in [-0.3, -0.25) is 0 Å². The summed E-state index contributed by atoms with van der Waals surface area (Å²) in [5.74, 6) is 0. The number of thiophene rings is 1. The molecule has 0 aliphatic heterocycles. The summed E-state index contributed by atoms with van der Waals surface area (Å²) in [7, 11) is 2.11. The molecule has 0 aliphatic rings. The largest absolute Gasteiger partial charge is 0.389 e. The standard InChI is InChI=1S/C16H20BrNOS/c1-11(9-14-5-4-8-20-14)18(3)16-7-6-13(12(2)19)10-15(16)17/h4-8,10-12,19H,9H2,1-3H3/t11?,12-/m1/s1. The summed E-state index contributed by atoms with van der Waals surface area (Å²) < 4.78 is 1.02. The Morgan fingerprint density at radius 3 is 2.60 bits per heavy atom. The van der Waals surface area contributed by atoms with Gasteiger partial charge < -0.3 is 10.0 Å². The number of hydrogen-bond acceptors (Lipinski definition) is 3. The average Bonchev–Trinajstić information content (AvgIpc) is 2.90. The molecule has 0 spiro atoms. The number of halogens is 1. The Bertz CT molecular complexity index is 554. The minimum atomic E-state index is -0.436. The van der Waals surface area contributed by atoms with Gasteiger partial charge in [-0.1, -0.05) is 12.1 Å². The Labute approximate surface area is 133 Å². The molecule has 2 nitrogen and oxygen atoms in total. The van der Waals surface area contributed by atoms with Crippen molar-refractivity contribution in [3.05, 3.63) is 50.6 Å². The van der Waals surface area contributed by atoms with Gasteiger partial charge in [-0.25, -0.2) is 0 Å². The van der Waals surface area contributed by atoms with Crippen LogP contribution in [0.3, 0.4) is 0 Å². The van der Waals surface area contributed by atoms with Gasteiger partial charge >= 0.3 is 0 Å². The van der Waals surface area contributed by atoms with E-state index >= 15 is 0 Å². The first kappa shape index (κ1) is 15.5. The summed E-state index contributed by atoms with van der Waals surface area (Å²) in [6.07, 6.45) is 0.605. The van der Waals surface area contributed by atoms with Crippen molar-refractivity contribution in [3.8, 4) is 0 Å². The smallest absolute Gasteiger partial charge is 0.0762 e. The summed E-state index contributed by atoms with van der Waals surface area (Å²) in [4.78, 5) is 3.68. The summed E-state index contributed by atoms with van der Waals surface area (Å²) in [6.45, 7) is 4.01. The number of rotatable bonds is 5. The molecule has 0 radical (unpaired) electrons. The topological polar surface area (TPSA) is 23.5 Å². The normalized spacial score (nSPS) is 14.1. The molecule has 2 rings (SSSR count). The molecule has 0 amide bonds. The Morgan fingerprint density at radius 1 is 1.30 bits per heavy atom. The van der Waals surface area contributed by atoms with Gasteiger partial charge in [0.2, 0.25) is 0 Å². The van der Waals surface area contributed by atoms with Gasteiger partial charge in [0.25, 0.3) is 0 Å². The molecule has 2 atom stereocenters. The zero-order chi connectivity index (χ0) is 14.7. The van der Waals surface area contributed by atoms with Crippen molar-refractivity contribution >= 4 is 33.0 Å². The van der Waals surface area contributed by atoms with Crippen LogP contribution in [0.25, 0.3) is 0 Å². The van der Waals surface area contributed by atoms with E-state index in [2.05, 4.69) is 58.4 Å². The summed E-state index contributed by atoms with van der Waals surface area (Å²) in [5.41, 5.74) is 2.08. The number of benzene rings is 1. The fraction of sp³-hybridized carbons (Fsp3) is 0.375. The summed E-state index contributed by atoms with van der Waals surface area (Å²) in [5, 5.41) is 11.7. The molecular weight excluding hydrogens is 334 g/mol. The van der Waals surface area contributed by atoms with Crippen LogP contribution in [-0.2, 0) is 6.42 Å². The van der Waals surface area contributed by atoms with Gasteiger partial charge in [0.15, 0.2) is 0 Å². The molecule has 4 heteroatoms. The first-order chi connectivity index (χ1) is 9.49. The SMILES string of the molecule is CC(Cc1cccs1)N(C)c1ccc([C@@H](C)O)cc1Br. The van der Waals surface area contributed by atoms with E-state index in [9.17, 15) is 5.11 Å². The van der Waals surface area contributed by atoms with Crippen molar-refractivity contribution in [1.29, 1.82) is 0 Å². The highest BCUT2D eigenvalue weighted by Crippen LogP contribution is 2.30. The van der Waals surface area contributed by atoms with E-state index in [1.54, 1.807) is 18.3 Å². The van der Waals surface area contributed by atoms with Crippen LogP contribution in [-0.4, -0.2) is 18.2 Å². The van der Waals surface area contributed by atoms with Crippen molar-refractivity contribution in [1.82, 2.24) is 0 Å². The maximum absolute atomic E-state index is 9.62. The molecule has 0 aliphatic carbocycles. The first-order valence-electron chi connectivity index (χ1n) is 6.71. The highest BCUT2D eigenvalue weighted by Gasteiger charge is 2.15. The number of hydrogen-bond donors (Lipinski definition) is 1. The second kappa shape index (κ2) is 6.74. The minimum Gasteiger partial charge on any atom is -0.389 e. The molecule has 1 heterocycles. The molecule has 0 bridgehead atoms. The lowest BCUT2D eigenvalue weighted by molar-refractivity contribution is 0.199. The third-order valence-electron chi connectivity index (χ3n) is 3.57. The molecule has 1 N–H and O–H groups in total. The lowest BCUT2D eigenvalue weighted by atomic mass is 10.1. The third kappa shape index (κ3) is 3.62. The highest BCUT2D eigenvalue weighted by atomic mass is 79.9. The van der Waals surface area contributed by atoms with Gasteiger partial charge in [-0.05, 0) is 58.9 Å². The van der Waals surface area contributed by atoms with E-state index in [4.69, 9.17) is 0 Å². The Kier molecular flexibility index (Phi) is 5.24. The molecule has 0 saturated carbocycles. The number of aliphatic hydroxyl groups excluding tert-OH is 1. The van der Waals surface area contributed by atoms with Gasteiger partial charge in [0, 0.05) is 28.9 Å². The van der Waals surface area contributed by atoms with Gasteiger partial charge in [-0.15, -0.1) is 11.3 Å². The predicted octanol–water partition coefficient (Wildman–Crippen LogP) is 4.63. The van der Waals surface area contributed by atoms with E-state index in [1.807, 2.05) is 12.1 Å². The second-order valence-electron chi connectivity index (χ2n) is 5.13. The Hall–Kier alpha value is -0.840. The Balaban J connectivity index is 2.14. The highest BCUT2D eigenvalue weighted by molar-refractivity contribution is 9.10.